The zero-order valence-corrected chi connectivity index (χ0v) is 26.5. The summed E-state index contributed by atoms with van der Waals surface area (Å²) in [4.78, 5) is 44.9. The molecule has 0 saturated heterocycles. The number of likely N-dealkylation sites (N-methyl/N-ethyl adjacent to an activating group) is 1. The molecule has 0 fully saturated rings. The second-order valence-electron chi connectivity index (χ2n) is 12.0. The largest absolute Gasteiger partial charge is 0.481 e. The molecule has 3 aromatic rings. The summed E-state index contributed by atoms with van der Waals surface area (Å²) in [5.74, 6) is -2.75. The minimum absolute atomic E-state index is 0.0302. The number of nitrogens with one attached hydrogen (secondary N) is 1. The molecule has 2 aromatic heterocycles. The topological polar surface area (TPSA) is 128 Å². The number of hydrogen-bond acceptors (Lipinski definition) is 6. The summed E-state index contributed by atoms with van der Waals surface area (Å²) in [5, 5.41) is 22.1. The molecule has 46 heavy (non-hydrogen) atoms. The highest BCUT2D eigenvalue weighted by atomic mass is 19.4. The van der Waals surface area contributed by atoms with Crippen molar-refractivity contribution in [2.24, 2.45) is 5.92 Å². The number of pyridine rings is 2. The molecule has 246 valence electrons. The molecule has 0 aliphatic carbocycles. The van der Waals surface area contributed by atoms with Gasteiger partial charge in [0.1, 0.15) is 23.6 Å². The lowest BCUT2D eigenvalue weighted by molar-refractivity contribution is -0.139. The number of nitrogens with zero attached hydrogens (tertiary/aromatic N) is 4. The number of alkyl halides is 3. The minimum Gasteiger partial charge on any atom is -0.481 e. The van der Waals surface area contributed by atoms with Gasteiger partial charge in [-0.1, -0.05) is 13.8 Å². The van der Waals surface area contributed by atoms with Crippen LogP contribution in [0.25, 0.3) is 11.1 Å². The molecule has 0 radical (unpaired) electrons. The van der Waals surface area contributed by atoms with Crippen molar-refractivity contribution in [3.63, 3.8) is 0 Å². The smallest absolute Gasteiger partial charge is 0.416 e. The number of carboxylic acids is 1. The van der Waals surface area contributed by atoms with Crippen molar-refractivity contribution in [2.75, 3.05) is 20.6 Å². The van der Waals surface area contributed by atoms with Crippen molar-refractivity contribution < 1.29 is 32.3 Å². The third-order valence-electron chi connectivity index (χ3n) is 7.43. The first kappa shape index (κ1) is 35.9. The number of benzene rings is 1. The molecule has 9 nitrogen and oxygen atoms in total. The van der Waals surface area contributed by atoms with Crippen LogP contribution in [0.2, 0.25) is 0 Å². The van der Waals surface area contributed by atoms with Crippen molar-refractivity contribution >= 4 is 11.9 Å². The first-order valence-electron chi connectivity index (χ1n) is 14.6. The lowest BCUT2D eigenvalue weighted by Gasteiger charge is -2.26. The maximum atomic E-state index is 14.0. The van der Waals surface area contributed by atoms with E-state index in [4.69, 9.17) is 0 Å². The van der Waals surface area contributed by atoms with Gasteiger partial charge in [0.2, 0.25) is 5.91 Å². The highest BCUT2D eigenvalue weighted by Crippen LogP contribution is 2.33. The van der Waals surface area contributed by atoms with Crippen molar-refractivity contribution in [2.45, 2.75) is 65.2 Å². The number of aliphatic carboxylic acids is 1. The number of halogens is 4. The summed E-state index contributed by atoms with van der Waals surface area (Å²) in [6, 6.07) is 5.44. The summed E-state index contributed by atoms with van der Waals surface area (Å²) < 4.78 is 56.6. The van der Waals surface area contributed by atoms with E-state index in [9.17, 15) is 42.3 Å². The number of rotatable bonds is 12. The normalized spacial score (nSPS) is 13.0. The number of amides is 1. The molecule has 0 saturated carbocycles. The van der Waals surface area contributed by atoms with E-state index in [1.165, 1.54) is 24.3 Å². The molecule has 1 aromatic carbocycles. The second kappa shape index (κ2) is 14.7. The van der Waals surface area contributed by atoms with E-state index in [-0.39, 0.29) is 42.3 Å². The lowest BCUT2D eigenvalue weighted by Crippen LogP contribution is -2.41. The van der Waals surface area contributed by atoms with Crippen LogP contribution in [0, 0.1) is 36.9 Å². The van der Waals surface area contributed by atoms with E-state index in [1.807, 2.05) is 6.07 Å². The Kier molecular flexibility index (Phi) is 11.5. The van der Waals surface area contributed by atoms with Crippen LogP contribution < -0.4 is 10.9 Å². The van der Waals surface area contributed by atoms with Crippen LogP contribution in [0.3, 0.4) is 0 Å². The fourth-order valence-electron chi connectivity index (χ4n) is 5.41. The van der Waals surface area contributed by atoms with E-state index in [2.05, 4.69) is 10.3 Å². The standard InChI is InChI=1S/C33H37F4N5O4/c1-18(2)9-28(42-17-21(7-8-41(5)6)25(14-29(42)43)33(35,36)37)32(46)40-27(15-30(44)45)26-13-22(12-24(16-38)39-26)31-19(3)10-23(34)11-20(31)4/h10-14,17-18,27-28H,7-9,15H2,1-6H3,(H,40,46)(H,44,45)/t27-,28-/m0/s1. The van der Waals surface area contributed by atoms with Gasteiger partial charge in [-0.25, -0.2) is 9.37 Å². The molecular formula is C33H37F4N5O4. The van der Waals surface area contributed by atoms with E-state index < -0.39 is 53.5 Å². The zero-order chi connectivity index (χ0) is 34.5. The quantitative estimate of drug-likeness (QED) is 0.247. The average Bonchev–Trinajstić information content (AvgIpc) is 2.93. The van der Waals surface area contributed by atoms with Crippen LogP contribution in [0.5, 0.6) is 0 Å². The Morgan fingerprint density at radius 3 is 2.26 bits per heavy atom. The predicted octanol–water partition coefficient (Wildman–Crippen LogP) is 5.58. The van der Waals surface area contributed by atoms with Crippen LogP contribution in [0.15, 0.2) is 41.3 Å². The maximum absolute atomic E-state index is 14.0. The molecule has 13 heteroatoms. The Labute approximate surface area is 264 Å². The van der Waals surface area contributed by atoms with Crippen LogP contribution in [-0.4, -0.2) is 52.1 Å². The van der Waals surface area contributed by atoms with E-state index in [1.54, 1.807) is 46.7 Å². The number of carbonyl (C=O) groups is 2. The third kappa shape index (κ3) is 9.00. The maximum Gasteiger partial charge on any atom is 0.416 e. The Balaban J connectivity index is 2.14. The first-order valence-corrected chi connectivity index (χ1v) is 14.6. The number of nitriles is 1. The fourth-order valence-corrected chi connectivity index (χ4v) is 5.41. The van der Waals surface area contributed by atoms with E-state index >= 15 is 0 Å². The Bertz CT molecular complexity index is 1690. The van der Waals surface area contributed by atoms with Gasteiger partial charge in [0.25, 0.3) is 5.56 Å². The monoisotopic (exact) mass is 643 g/mol. The van der Waals surface area contributed by atoms with Gasteiger partial charge in [0.15, 0.2) is 0 Å². The van der Waals surface area contributed by atoms with Crippen LogP contribution in [-0.2, 0) is 22.2 Å². The van der Waals surface area contributed by atoms with Crippen molar-refractivity contribution in [3.8, 4) is 17.2 Å². The van der Waals surface area contributed by atoms with Gasteiger partial charge in [0.05, 0.1) is 23.7 Å². The van der Waals surface area contributed by atoms with E-state index in [0.29, 0.717) is 28.3 Å². The summed E-state index contributed by atoms with van der Waals surface area (Å²) in [7, 11) is 3.39. The SMILES string of the molecule is Cc1cc(F)cc(C)c1-c1cc(C#N)nc([C@H](CC(=O)O)NC(=O)[C@H](CC(C)C)n2cc(CCN(C)C)c(C(F)(F)F)cc2=O)c1. The summed E-state index contributed by atoms with van der Waals surface area (Å²) in [5.41, 5.74) is -0.174. The van der Waals surface area contributed by atoms with Gasteiger partial charge in [-0.2, -0.15) is 18.4 Å². The fraction of sp³-hybridized carbons (Fsp3) is 0.424. The molecule has 0 aliphatic heterocycles. The van der Waals surface area contributed by atoms with Gasteiger partial charge >= 0.3 is 12.1 Å². The lowest BCUT2D eigenvalue weighted by atomic mass is 9.94. The van der Waals surface area contributed by atoms with E-state index in [0.717, 1.165) is 10.8 Å². The van der Waals surface area contributed by atoms with Gasteiger partial charge in [0, 0.05) is 18.8 Å². The summed E-state index contributed by atoms with van der Waals surface area (Å²) >= 11 is 0. The van der Waals surface area contributed by atoms with Crippen molar-refractivity contribution in [1.82, 2.24) is 19.8 Å². The number of carbonyl (C=O) groups excluding carboxylic acids is 1. The molecule has 2 atom stereocenters. The van der Waals surface area contributed by atoms with Gasteiger partial charge in [-0.05, 0) is 98.8 Å². The minimum atomic E-state index is -4.79. The Hall–Kier alpha value is -4.57. The summed E-state index contributed by atoms with van der Waals surface area (Å²) in [6.07, 6.45) is -4.39. The predicted molar refractivity (Wildman–Crippen MR) is 163 cm³/mol. The Morgan fingerprint density at radius 1 is 1.11 bits per heavy atom. The molecule has 2 N–H and O–H groups in total. The summed E-state index contributed by atoms with van der Waals surface area (Å²) in [6.45, 7) is 7.15. The molecule has 1 amide bonds. The molecule has 0 aliphatic rings. The van der Waals surface area contributed by atoms with Gasteiger partial charge in [-0.15, -0.1) is 0 Å². The number of aryl methyl sites for hydroxylation is 2. The Morgan fingerprint density at radius 2 is 1.74 bits per heavy atom. The van der Waals surface area contributed by atoms with Crippen molar-refractivity contribution in [3.05, 3.63) is 86.3 Å². The van der Waals surface area contributed by atoms with Crippen LogP contribution >= 0.6 is 0 Å². The van der Waals surface area contributed by atoms with Crippen molar-refractivity contribution in [1.29, 1.82) is 5.26 Å². The molecule has 2 heterocycles. The highest BCUT2D eigenvalue weighted by molar-refractivity contribution is 5.82. The zero-order valence-electron chi connectivity index (χ0n) is 26.5. The number of aromatic nitrogens is 2. The van der Waals surface area contributed by atoms with Gasteiger partial charge in [-0.3, -0.25) is 14.4 Å². The van der Waals surface area contributed by atoms with Crippen LogP contribution in [0.4, 0.5) is 17.6 Å². The molecular weight excluding hydrogens is 606 g/mol. The van der Waals surface area contributed by atoms with Crippen LogP contribution in [0.1, 0.15) is 72.4 Å². The molecule has 0 bridgehead atoms. The molecule has 3 rings (SSSR count). The van der Waals surface area contributed by atoms with Gasteiger partial charge < -0.3 is 19.9 Å². The third-order valence-corrected chi connectivity index (χ3v) is 7.43. The average molecular weight is 644 g/mol. The first-order chi connectivity index (χ1) is 21.4. The number of hydrogen-bond donors (Lipinski definition) is 2. The second-order valence-corrected chi connectivity index (χ2v) is 12.0. The highest BCUT2D eigenvalue weighted by Gasteiger charge is 2.36. The number of carboxylic acid groups (broad SMARTS) is 1. The molecule has 0 spiro atoms. The molecule has 0 unspecified atom stereocenters.